The monoisotopic (exact) mass is 508 g/mol. The van der Waals surface area contributed by atoms with Crippen LogP contribution in [0.5, 0.6) is 5.75 Å². The number of hydrogen-bond acceptors (Lipinski definition) is 7. The number of nitrogens with zero attached hydrogens (tertiary/aromatic N) is 2. The summed E-state index contributed by atoms with van der Waals surface area (Å²) in [5.41, 5.74) is 0. The van der Waals surface area contributed by atoms with Gasteiger partial charge in [-0.05, 0) is 58.4 Å². The molecular formula is C20H17BrN2O5S2. The van der Waals surface area contributed by atoms with Crippen LogP contribution in [-0.4, -0.2) is 39.7 Å². The van der Waals surface area contributed by atoms with Crippen molar-refractivity contribution in [1.82, 2.24) is 4.98 Å². The Labute approximate surface area is 183 Å². The highest BCUT2D eigenvalue weighted by Gasteiger charge is 2.39. The van der Waals surface area contributed by atoms with Crippen molar-refractivity contribution in [3.63, 3.8) is 0 Å². The molecule has 7 nitrogen and oxygen atoms in total. The Morgan fingerprint density at radius 2 is 1.60 bits per heavy atom. The number of methoxy groups -OCH3 is 1. The Balaban J connectivity index is 2.14. The van der Waals surface area contributed by atoms with Crippen molar-refractivity contribution in [3.8, 4) is 5.75 Å². The summed E-state index contributed by atoms with van der Waals surface area (Å²) < 4.78 is 57.0. The highest BCUT2D eigenvalue weighted by molar-refractivity contribution is 9.10. The molecule has 3 rings (SSSR count). The third-order valence-electron chi connectivity index (χ3n) is 4.09. The molecule has 0 aliphatic rings. The molecule has 0 N–H and O–H groups in total. The van der Waals surface area contributed by atoms with E-state index >= 15 is 0 Å². The first-order valence-corrected chi connectivity index (χ1v) is 12.5. The predicted molar refractivity (Wildman–Crippen MR) is 118 cm³/mol. The van der Waals surface area contributed by atoms with Gasteiger partial charge in [0, 0.05) is 16.9 Å². The van der Waals surface area contributed by atoms with Gasteiger partial charge in [-0.1, -0.05) is 24.3 Å². The molecule has 3 aromatic rings. The van der Waals surface area contributed by atoms with Gasteiger partial charge in [0.05, 0.1) is 16.9 Å². The molecule has 0 amide bonds. The normalized spacial score (nSPS) is 13.3. The molecule has 0 aliphatic heterocycles. The lowest BCUT2D eigenvalue weighted by Crippen LogP contribution is -2.32. The van der Waals surface area contributed by atoms with Gasteiger partial charge in [-0.3, -0.25) is 0 Å². The number of ether oxygens (including phenoxy) is 1. The number of hydrogen-bond donors (Lipinski definition) is 0. The van der Waals surface area contributed by atoms with E-state index in [2.05, 4.69) is 25.9 Å². The first-order chi connectivity index (χ1) is 14.2. The fourth-order valence-electron chi connectivity index (χ4n) is 2.57. The maximum Gasteiger partial charge on any atom is 0.206 e. The Hall–Kier alpha value is -2.56. The molecule has 156 valence electrons. The number of aliphatic imine (C=N–C) groups is 1. The smallest absolute Gasteiger partial charge is 0.206 e. The van der Waals surface area contributed by atoms with E-state index < -0.39 is 24.3 Å². The lowest BCUT2D eigenvalue weighted by Gasteiger charge is -2.15. The van der Waals surface area contributed by atoms with Crippen molar-refractivity contribution in [3.05, 3.63) is 77.4 Å². The van der Waals surface area contributed by atoms with Crippen molar-refractivity contribution in [1.29, 1.82) is 0 Å². The maximum atomic E-state index is 13.3. The van der Waals surface area contributed by atoms with Crippen LogP contribution in [0.2, 0.25) is 0 Å². The van der Waals surface area contributed by atoms with E-state index in [4.69, 9.17) is 4.74 Å². The average molecular weight is 509 g/mol. The minimum atomic E-state index is -4.37. The van der Waals surface area contributed by atoms with Crippen LogP contribution in [-0.2, 0) is 19.7 Å². The molecule has 0 spiro atoms. The summed E-state index contributed by atoms with van der Waals surface area (Å²) in [6, 6.07) is 16.2. The topological polar surface area (TPSA) is 103 Å². The third-order valence-corrected chi connectivity index (χ3v) is 9.39. The van der Waals surface area contributed by atoms with E-state index in [9.17, 15) is 16.8 Å². The minimum Gasteiger partial charge on any atom is -0.497 e. The van der Waals surface area contributed by atoms with Gasteiger partial charge < -0.3 is 4.74 Å². The second-order valence-electron chi connectivity index (χ2n) is 6.06. The Kier molecular flexibility index (Phi) is 6.69. The number of halogens is 1. The standard InChI is InChI=1S/C20H17BrN2O5S2/c1-28-16-6-5-9-18(12-16)30(26,27)20(14-23-19-11-10-15(21)13-22-19)29(24,25)17-7-3-2-4-8-17/h2-14,20H,1H3. The van der Waals surface area contributed by atoms with Crippen LogP contribution in [0, 0.1) is 0 Å². The van der Waals surface area contributed by atoms with Crippen molar-refractivity contribution < 1.29 is 21.6 Å². The fraction of sp³-hybridized carbons (Fsp3) is 0.100. The van der Waals surface area contributed by atoms with Crippen LogP contribution in [0.25, 0.3) is 0 Å². The molecule has 0 saturated heterocycles. The van der Waals surface area contributed by atoms with E-state index in [1.54, 1.807) is 18.2 Å². The van der Waals surface area contributed by atoms with E-state index in [-0.39, 0.29) is 15.6 Å². The predicted octanol–water partition coefficient (Wildman–Crippen LogP) is 3.83. The van der Waals surface area contributed by atoms with Gasteiger partial charge >= 0.3 is 0 Å². The lowest BCUT2D eigenvalue weighted by atomic mass is 10.3. The Morgan fingerprint density at radius 3 is 2.23 bits per heavy atom. The lowest BCUT2D eigenvalue weighted by molar-refractivity contribution is 0.413. The highest BCUT2D eigenvalue weighted by atomic mass is 79.9. The Morgan fingerprint density at radius 1 is 0.933 bits per heavy atom. The zero-order chi connectivity index (χ0) is 21.8. The second-order valence-corrected chi connectivity index (χ2v) is 11.4. The Bertz CT molecular complexity index is 1260. The summed E-state index contributed by atoms with van der Waals surface area (Å²) in [5, 5.41) is 0. The van der Waals surface area contributed by atoms with Gasteiger partial charge in [-0.2, -0.15) is 0 Å². The summed E-state index contributed by atoms with van der Waals surface area (Å²) in [6.07, 6.45) is 2.37. The number of pyridine rings is 1. The molecule has 2 aromatic carbocycles. The number of rotatable bonds is 7. The third kappa shape index (κ3) is 4.77. The molecule has 10 heteroatoms. The molecule has 0 fully saturated rings. The first kappa shape index (κ1) is 22.1. The van der Waals surface area contributed by atoms with E-state index in [0.29, 0.717) is 10.2 Å². The number of benzene rings is 2. The summed E-state index contributed by atoms with van der Waals surface area (Å²) >= 11 is 3.25. The average Bonchev–Trinajstić information content (AvgIpc) is 2.75. The molecule has 0 saturated carbocycles. The fourth-order valence-corrected chi connectivity index (χ4v) is 6.86. The van der Waals surface area contributed by atoms with Gasteiger partial charge in [0.1, 0.15) is 5.75 Å². The van der Waals surface area contributed by atoms with Gasteiger partial charge in [0.15, 0.2) is 5.82 Å². The van der Waals surface area contributed by atoms with Crippen LogP contribution in [0.15, 0.2) is 92.2 Å². The summed E-state index contributed by atoms with van der Waals surface area (Å²) in [6.45, 7) is 0. The van der Waals surface area contributed by atoms with Gasteiger partial charge in [0.2, 0.25) is 24.3 Å². The quantitative estimate of drug-likeness (QED) is 0.449. The molecule has 30 heavy (non-hydrogen) atoms. The van der Waals surface area contributed by atoms with Crippen LogP contribution in [0.1, 0.15) is 0 Å². The van der Waals surface area contributed by atoms with Crippen molar-refractivity contribution >= 4 is 47.6 Å². The zero-order valence-corrected chi connectivity index (χ0v) is 18.9. The van der Waals surface area contributed by atoms with Crippen molar-refractivity contribution in [2.45, 2.75) is 14.4 Å². The molecule has 0 bridgehead atoms. The molecule has 1 heterocycles. The molecule has 1 unspecified atom stereocenters. The van der Waals surface area contributed by atoms with Crippen LogP contribution >= 0.6 is 15.9 Å². The van der Waals surface area contributed by atoms with E-state index in [1.165, 1.54) is 61.8 Å². The molecule has 0 radical (unpaired) electrons. The van der Waals surface area contributed by atoms with Crippen molar-refractivity contribution in [2.24, 2.45) is 4.99 Å². The summed E-state index contributed by atoms with van der Waals surface area (Å²) in [7, 11) is -7.30. The van der Waals surface area contributed by atoms with Crippen LogP contribution in [0.3, 0.4) is 0 Å². The van der Waals surface area contributed by atoms with Gasteiger partial charge in [-0.15, -0.1) is 0 Å². The van der Waals surface area contributed by atoms with E-state index in [1.807, 2.05) is 0 Å². The summed E-state index contributed by atoms with van der Waals surface area (Å²) in [4.78, 5) is 7.74. The first-order valence-electron chi connectivity index (χ1n) is 8.58. The molecule has 0 aliphatic carbocycles. The SMILES string of the molecule is COc1cccc(S(=O)(=O)C(C=Nc2ccc(Br)cn2)S(=O)(=O)c2ccccc2)c1. The summed E-state index contributed by atoms with van der Waals surface area (Å²) in [5.74, 6) is 0.464. The van der Waals surface area contributed by atoms with Crippen molar-refractivity contribution in [2.75, 3.05) is 7.11 Å². The molecule has 1 aromatic heterocycles. The van der Waals surface area contributed by atoms with Crippen LogP contribution in [0.4, 0.5) is 5.82 Å². The largest absolute Gasteiger partial charge is 0.497 e. The van der Waals surface area contributed by atoms with Gasteiger partial charge in [0.25, 0.3) is 0 Å². The second kappa shape index (κ2) is 9.07. The highest BCUT2D eigenvalue weighted by Crippen LogP contribution is 2.27. The molecular weight excluding hydrogens is 492 g/mol. The van der Waals surface area contributed by atoms with Gasteiger partial charge in [-0.25, -0.2) is 26.8 Å². The maximum absolute atomic E-state index is 13.3. The van der Waals surface area contributed by atoms with Crippen LogP contribution < -0.4 is 4.74 Å². The minimum absolute atomic E-state index is 0.128. The molecule has 1 atom stereocenters. The zero-order valence-electron chi connectivity index (χ0n) is 15.7. The number of sulfone groups is 2. The number of aromatic nitrogens is 1. The van der Waals surface area contributed by atoms with E-state index in [0.717, 1.165) is 6.21 Å².